The summed E-state index contributed by atoms with van der Waals surface area (Å²) in [6, 6.07) is 16.1. The summed E-state index contributed by atoms with van der Waals surface area (Å²) in [6.45, 7) is 0.612. The second kappa shape index (κ2) is 6.45. The van der Waals surface area contributed by atoms with Crippen LogP contribution in [0.1, 0.15) is 10.6 Å². The number of amides is 1. The van der Waals surface area contributed by atoms with E-state index in [-0.39, 0.29) is 5.91 Å². The molecule has 0 bridgehead atoms. The number of aromatic amines is 1. The van der Waals surface area contributed by atoms with Gasteiger partial charge in [0.1, 0.15) is 0 Å². The smallest absolute Gasteiger partial charge is 0.224 e. The Morgan fingerprint density at radius 3 is 2.88 bits per heavy atom. The molecule has 4 nitrogen and oxygen atoms in total. The first kappa shape index (κ1) is 14.9. The van der Waals surface area contributed by atoms with Crippen LogP contribution in [0.2, 0.25) is 0 Å². The molecule has 0 unspecified atom stereocenters. The van der Waals surface area contributed by atoms with Crippen molar-refractivity contribution in [1.29, 1.82) is 0 Å². The molecule has 0 atom stereocenters. The highest BCUT2D eigenvalue weighted by atomic mass is 32.1. The molecule has 2 aromatic heterocycles. The zero-order chi connectivity index (χ0) is 16.4. The lowest BCUT2D eigenvalue weighted by Gasteiger charge is -2.03. The Bertz CT molecular complexity index is 969. The topological polar surface area (TPSA) is 57.8 Å². The van der Waals surface area contributed by atoms with E-state index in [4.69, 9.17) is 0 Å². The number of nitrogens with one attached hydrogen (secondary N) is 2. The number of H-pyrrole nitrogens is 1. The van der Waals surface area contributed by atoms with Gasteiger partial charge in [-0.3, -0.25) is 4.79 Å². The van der Waals surface area contributed by atoms with Gasteiger partial charge in [-0.05, 0) is 23.8 Å². The molecule has 120 valence electrons. The van der Waals surface area contributed by atoms with Crippen molar-refractivity contribution in [2.24, 2.45) is 0 Å². The van der Waals surface area contributed by atoms with Crippen LogP contribution in [0.4, 0.5) is 0 Å². The molecule has 0 saturated heterocycles. The Morgan fingerprint density at radius 2 is 1.96 bits per heavy atom. The second-order valence-electron chi connectivity index (χ2n) is 5.71. The Balaban J connectivity index is 1.35. The lowest BCUT2D eigenvalue weighted by atomic mass is 10.1. The molecule has 0 aliphatic rings. The number of hydrogen-bond acceptors (Lipinski definition) is 3. The summed E-state index contributed by atoms with van der Waals surface area (Å²) in [5.74, 6) is 0.0425. The maximum absolute atomic E-state index is 12.2. The van der Waals surface area contributed by atoms with Gasteiger partial charge in [0.15, 0.2) is 0 Å². The highest BCUT2D eigenvalue weighted by Crippen LogP contribution is 2.21. The average molecular weight is 335 g/mol. The Labute approximate surface area is 143 Å². The summed E-state index contributed by atoms with van der Waals surface area (Å²) in [6.07, 6.45) is 3.07. The van der Waals surface area contributed by atoms with Gasteiger partial charge >= 0.3 is 0 Å². The van der Waals surface area contributed by atoms with Crippen LogP contribution in [-0.2, 0) is 17.6 Å². The molecule has 5 heteroatoms. The molecular formula is C19H17N3OS. The Hall–Kier alpha value is -2.66. The first-order chi connectivity index (χ1) is 11.8. The van der Waals surface area contributed by atoms with Crippen LogP contribution in [0.3, 0.4) is 0 Å². The van der Waals surface area contributed by atoms with E-state index < -0.39 is 0 Å². The minimum atomic E-state index is 0.0425. The van der Waals surface area contributed by atoms with Gasteiger partial charge in [0.25, 0.3) is 0 Å². The standard InChI is InChI=1S/C19H17N3OS/c23-18(11-13-12-21-15-6-2-1-5-14(13)15)20-10-9-19-22-16-7-3-4-8-17(16)24-19/h1-8,12,21H,9-11H2,(H,20,23). The molecule has 4 rings (SSSR count). The normalized spacial score (nSPS) is 11.2. The van der Waals surface area contributed by atoms with Gasteiger partial charge < -0.3 is 10.3 Å². The fourth-order valence-corrected chi connectivity index (χ4v) is 3.82. The summed E-state index contributed by atoms with van der Waals surface area (Å²) in [5.41, 5.74) is 3.13. The zero-order valence-corrected chi connectivity index (χ0v) is 13.9. The third kappa shape index (κ3) is 3.03. The summed E-state index contributed by atoms with van der Waals surface area (Å²) >= 11 is 1.69. The zero-order valence-electron chi connectivity index (χ0n) is 13.1. The van der Waals surface area contributed by atoms with Crippen LogP contribution in [0, 0.1) is 0 Å². The molecule has 0 aliphatic carbocycles. The van der Waals surface area contributed by atoms with Gasteiger partial charge in [0.05, 0.1) is 21.6 Å². The monoisotopic (exact) mass is 335 g/mol. The number of carbonyl (C=O) groups is 1. The fraction of sp³-hybridized carbons (Fsp3) is 0.158. The first-order valence-electron chi connectivity index (χ1n) is 7.96. The van der Waals surface area contributed by atoms with Crippen molar-refractivity contribution in [3.8, 4) is 0 Å². The predicted octanol–water partition coefficient (Wildman–Crippen LogP) is 3.68. The van der Waals surface area contributed by atoms with Gasteiger partial charge in [-0.15, -0.1) is 11.3 Å². The molecule has 0 saturated carbocycles. The molecule has 0 fully saturated rings. The van der Waals surface area contributed by atoms with Crippen LogP contribution >= 0.6 is 11.3 Å². The quantitative estimate of drug-likeness (QED) is 0.584. The number of nitrogens with zero attached hydrogens (tertiary/aromatic N) is 1. The molecule has 0 spiro atoms. The minimum Gasteiger partial charge on any atom is -0.361 e. The lowest BCUT2D eigenvalue weighted by Crippen LogP contribution is -2.27. The summed E-state index contributed by atoms with van der Waals surface area (Å²) in [5, 5.41) is 5.16. The first-order valence-corrected chi connectivity index (χ1v) is 8.77. The lowest BCUT2D eigenvalue weighted by molar-refractivity contribution is -0.120. The van der Waals surface area contributed by atoms with E-state index in [9.17, 15) is 4.79 Å². The van der Waals surface area contributed by atoms with E-state index in [0.29, 0.717) is 13.0 Å². The molecule has 1 amide bonds. The van der Waals surface area contributed by atoms with E-state index in [1.165, 1.54) is 4.70 Å². The number of rotatable bonds is 5. The second-order valence-corrected chi connectivity index (χ2v) is 6.83. The van der Waals surface area contributed by atoms with E-state index in [2.05, 4.69) is 21.4 Å². The van der Waals surface area contributed by atoms with Gasteiger partial charge in [-0.2, -0.15) is 0 Å². The number of benzene rings is 2. The van der Waals surface area contributed by atoms with Crippen molar-refractivity contribution in [3.63, 3.8) is 0 Å². The molecule has 2 aromatic carbocycles. The van der Waals surface area contributed by atoms with Crippen LogP contribution in [0.5, 0.6) is 0 Å². The third-order valence-electron chi connectivity index (χ3n) is 4.03. The van der Waals surface area contributed by atoms with Crippen LogP contribution < -0.4 is 5.32 Å². The minimum absolute atomic E-state index is 0.0425. The number of carbonyl (C=O) groups excluding carboxylic acids is 1. The van der Waals surface area contributed by atoms with Crippen molar-refractivity contribution >= 4 is 38.4 Å². The third-order valence-corrected chi connectivity index (χ3v) is 5.12. The Kier molecular flexibility index (Phi) is 4.01. The number of hydrogen-bond donors (Lipinski definition) is 2. The highest BCUT2D eigenvalue weighted by Gasteiger charge is 2.09. The SMILES string of the molecule is O=C(Cc1c[nH]c2ccccc12)NCCc1nc2ccccc2s1. The molecule has 0 aliphatic heterocycles. The van der Waals surface area contributed by atoms with Crippen LogP contribution in [0.15, 0.2) is 54.7 Å². The van der Waals surface area contributed by atoms with Crippen molar-refractivity contribution in [1.82, 2.24) is 15.3 Å². The maximum atomic E-state index is 12.2. The van der Waals surface area contributed by atoms with Crippen molar-refractivity contribution in [2.45, 2.75) is 12.8 Å². The predicted molar refractivity (Wildman–Crippen MR) is 98.3 cm³/mol. The van der Waals surface area contributed by atoms with Crippen molar-refractivity contribution < 1.29 is 4.79 Å². The molecule has 2 N–H and O–H groups in total. The summed E-state index contributed by atoms with van der Waals surface area (Å²) in [4.78, 5) is 20.0. The molecule has 24 heavy (non-hydrogen) atoms. The molecular weight excluding hydrogens is 318 g/mol. The van der Waals surface area contributed by atoms with Gasteiger partial charge in [-0.25, -0.2) is 4.98 Å². The summed E-state index contributed by atoms with van der Waals surface area (Å²) < 4.78 is 1.19. The van der Waals surface area contributed by atoms with E-state index in [1.54, 1.807) is 11.3 Å². The largest absolute Gasteiger partial charge is 0.361 e. The number of aromatic nitrogens is 2. The van der Waals surface area contributed by atoms with Gasteiger partial charge in [0.2, 0.25) is 5.91 Å². The fourth-order valence-electron chi connectivity index (χ4n) is 2.85. The van der Waals surface area contributed by atoms with Crippen LogP contribution in [0.25, 0.3) is 21.1 Å². The van der Waals surface area contributed by atoms with Gasteiger partial charge in [-0.1, -0.05) is 30.3 Å². The highest BCUT2D eigenvalue weighted by molar-refractivity contribution is 7.18. The molecule has 0 radical (unpaired) electrons. The van der Waals surface area contributed by atoms with E-state index in [0.717, 1.165) is 33.4 Å². The van der Waals surface area contributed by atoms with Crippen molar-refractivity contribution in [2.75, 3.05) is 6.54 Å². The average Bonchev–Trinajstić information content (AvgIpc) is 3.19. The number of thiazole rings is 1. The van der Waals surface area contributed by atoms with E-state index in [1.807, 2.05) is 48.7 Å². The van der Waals surface area contributed by atoms with Gasteiger partial charge in [0, 0.05) is 30.1 Å². The number of para-hydroxylation sites is 2. The van der Waals surface area contributed by atoms with Crippen molar-refractivity contribution in [3.05, 3.63) is 65.3 Å². The van der Waals surface area contributed by atoms with E-state index >= 15 is 0 Å². The Morgan fingerprint density at radius 1 is 1.12 bits per heavy atom. The maximum Gasteiger partial charge on any atom is 0.224 e. The number of fused-ring (bicyclic) bond motifs is 2. The summed E-state index contributed by atoms with van der Waals surface area (Å²) in [7, 11) is 0. The molecule has 4 aromatic rings. The van der Waals surface area contributed by atoms with Crippen LogP contribution in [-0.4, -0.2) is 22.4 Å². The molecule has 2 heterocycles.